The number of carboxylic acid groups (broad SMARTS) is 2. The van der Waals surface area contributed by atoms with Crippen LogP contribution in [0, 0.1) is 0 Å². The summed E-state index contributed by atoms with van der Waals surface area (Å²) in [6, 6.07) is 5.46. The number of hydrogen-bond acceptors (Lipinski definition) is 4. The summed E-state index contributed by atoms with van der Waals surface area (Å²) in [7, 11) is -4.63. The SMILES string of the molecule is O=C(O)c1ccc2c(S(=O)(=O)O)cc(C(=O)O)cc2c1.[NaH]. The minimum absolute atomic E-state index is 0. The number of rotatable bonds is 3. The van der Waals surface area contributed by atoms with E-state index in [9.17, 15) is 18.0 Å². The van der Waals surface area contributed by atoms with Gasteiger partial charge < -0.3 is 10.2 Å². The zero-order valence-corrected chi connectivity index (χ0v) is 10.6. The van der Waals surface area contributed by atoms with Gasteiger partial charge in [-0.05, 0) is 29.7 Å². The van der Waals surface area contributed by atoms with Crippen LogP contribution < -0.4 is 0 Å². The van der Waals surface area contributed by atoms with Crippen LogP contribution >= 0.6 is 0 Å². The molecule has 2 rings (SSSR count). The van der Waals surface area contributed by atoms with Gasteiger partial charge in [0.15, 0.2) is 0 Å². The first-order valence-electron chi connectivity index (χ1n) is 5.22. The van der Waals surface area contributed by atoms with Gasteiger partial charge in [0.1, 0.15) is 4.90 Å². The molecule has 0 spiro atoms. The van der Waals surface area contributed by atoms with E-state index in [4.69, 9.17) is 14.8 Å². The quantitative estimate of drug-likeness (QED) is 0.564. The molecule has 0 saturated carbocycles. The van der Waals surface area contributed by atoms with Crippen molar-refractivity contribution in [3.63, 3.8) is 0 Å². The van der Waals surface area contributed by atoms with Crippen LogP contribution in [0.25, 0.3) is 10.8 Å². The summed E-state index contributed by atoms with van der Waals surface area (Å²) in [4.78, 5) is 21.2. The minimum atomic E-state index is -4.63. The van der Waals surface area contributed by atoms with Crippen LogP contribution in [0.15, 0.2) is 35.2 Å². The van der Waals surface area contributed by atoms with Gasteiger partial charge in [0, 0.05) is 5.39 Å². The Kier molecular flexibility index (Phi) is 5.13. The fraction of sp³-hybridized carbons (Fsp3) is 0. The van der Waals surface area contributed by atoms with Crippen molar-refractivity contribution < 1.29 is 32.8 Å². The first kappa shape index (κ1) is 17.6. The zero-order chi connectivity index (χ0) is 15.1. The van der Waals surface area contributed by atoms with E-state index in [2.05, 4.69) is 0 Å². The zero-order valence-electron chi connectivity index (χ0n) is 9.77. The molecule has 0 atom stereocenters. The van der Waals surface area contributed by atoms with Gasteiger partial charge >= 0.3 is 41.5 Å². The summed E-state index contributed by atoms with van der Waals surface area (Å²) in [5, 5.41) is 17.9. The van der Waals surface area contributed by atoms with Gasteiger partial charge in [-0.1, -0.05) is 6.07 Å². The third kappa shape index (κ3) is 3.60. The molecular formula is C12H9NaO7S. The topological polar surface area (TPSA) is 129 Å². The van der Waals surface area contributed by atoms with E-state index >= 15 is 0 Å². The van der Waals surface area contributed by atoms with Gasteiger partial charge in [0.25, 0.3) is 10.1 Å². The van der Waals surface area contributed by atoms with Crippen LogP contribution in [0.5, 0.6) is 0 Å². The monoisotopic (exact) mass is 320 g/mol. The van der Waals surface area contributed by atoms with Gasteiger partial charge in [0.2, 0.25) is 0 Å². The second kappa shape index (κ2) is 6.12. The van der Waals surface area contributed by atoms with Crippen LogP contribution in [0.2, 0.25) is 0 Å². The maximum absolute atomic E-state index is 11.3. The van der Waals surface area contributed by atoms with Crippen molar-refractivity contribution in [1.82, 2.24) is 0 Å². The Bertz CT molecular complexity index is 837. The Labute approximate surface area is 141 Å². The van der Waals surface area contributed by atoms with Crippen molar-refractivity contribution >= 4 is 62.4 Å². The Morgan fingerprint density at radius 1 is 0.905 bits per heavy atom. The van der Waals surface area contributed by atoms with E-state index in [1.165, 1.54) is 12.1 Å². The molecule has 9 heteroatoms. The van der Waals surface area contributed by atoms with Gasteiger partial charge in [-0.25, -0.2) is 9.59 Å². The van der Waals surface area contributed by atoms with Crippen molar-refractivity contribution in [2.24, 2.45) is 0 Å². The Morgan fingerprint density at radius 2 is 1.43 bits per heavy atom. The van der Waals surface area contributed by atoms with Crippen molar-refractivity contribution in [2.45, 2.75) is 4.90 Å². The van der Waals surface area contributed by atoms with E-state index in [0.717, 1.165) is 18.2 Å². The summed E-state index contributed by atoms with van der Waals surface area (Å²) in [6.45, 7) is 0. The summed E-state index contributed by atoms with van der Waals surface area (Å²) in [5.74, 6) is -2.63. The molecule has 2 aromatic rings. The molecule has 0 bridgehead atoms. The van der Waals surface area contributed by atoms with Crippen LogP contribution in [0.1, 0.15) is 20.7 Å². The van der Waals surface area contributed by atoms with E-state index in [0.29, 0.717) is 0 Å². The molecule has 0 aromatic heterocycles. The number of aromatic carboxylic acids is 2. The molecule has 3 N–H and O–H groups in total. The first-order chi connectivity index (χ1) is 9.20. The molecule has 0 fully saturated rings. The van der Waals surface area contributed by atoms with Crippen molar-refractivity contribution in [2.75, 3.05) is 0 Å². The molecule has 0 amide bonds. The van der Waals surface area contributed by atoms with Crippen molar-refractivity contribution in [3.8, 4) is 0 Å². The summed E-state index contributed by atoms with van der Waals surface area (Å²) < 4.78 is 31.7. The van der Waals surface area contributed by atoms with E-state index in [-0.39, 0.29) is 51.5 Å². The van der Waals surface area contributed by atoms with E-state index < -0.39 is 27.0 Å². The fourth-order valence-corrected chi connectivity index (χ4v) is 2.54. The van der Waals surface area contributed by atoms with E-state index in [1.807, 2.05) is 0 Å². The van der Waals surface area contributed by atoms with Crippen LogP contribution in [-0.2, 0) is 10.1 Å². The average Bonchev–Trinajstić information content (AvgIpc) is 2.35. The standard InChI is InChI=1S/C12H8O7S.Na.H/c13-11(14)6-1-2-9-7(3-6)4-8(12(15)16)5-10(9)20(17,18)19;;/h1-5H,(H,13,14)(H,15,16)(H,17,18,19);;. The molecule has 0 unspecified atom stereocenters. The van der Waals surface area contributed by atoms with E-state index in [1.54, 1.807) is 0 Å². The maximum atomic E-state index is 11.3. The number of benzene rings is 2. The van der Waals surface area contributed by atoms with Crippen LogP contribution in [-0.4, -0.2) is 64.7 Å². The van der Waals surface area contributed by atoms with Gasteiger partial charge in [-0.2, -0.15) is 8.42 Å². The molecule has 0 heterocycles. The molecule has 0 aliphatic heterocycles. The molecule has 0 radical (unpaired) electrons. The number of carbonyl (C=O) groups is 2. The summed E-state index contributed by atoms with van der Waals surface area (Å²) in [6.07, 6.45) is 0. The second-order valence-electron chi connectivity index (χ2n) is 4.00. The Morgan fingerprint density at radius 3 is 1.90 bits per heavy atom. The first-order valence-corrected chi connectivity index (χ1v) is 6.66. The van der Waals surface area contributed by atoms with Gasteiger partial charge in [-0.15, -0.1) is 0 Å². The molecule has 0 aliphatic rings. The van der Waals surface area contributed by atoms with Gasteiger partial charge in [-0.3, -0.25) is 4.55 Å². The summed E-state index contributed by atoms with van der Waals surface area (Å²) >= 11 is 0. The Hall–Kier alpha value is -1.45. The molecule has 0 saturated heterocycles. The summed E-state index contributed by atoms with van der Waals surface area (Å²) in [5.41, 5.74) is -0.492. The van der Waals surface area contributed by atoms with Gasteiger partial charge in [0.05, 0.1) is 11.1 Å². The molecule has 7 nitrogen and oxygen atoms in total. The predicted molar refractivity (Wildman–Crippen MR) is 74.8 cm³/mol. The third-order valence-corrected chi connectivity index (χ3v) is 3.58. The number of fused-ring (bicyclic) bond motifs is 1. The van der Waals surface area contributed by atoms with Crippen LogP contribution in [0.4, 0.5) is 0 Å². The van der Waals surface area contributed by atoms with Crippen LogP contribution in [0.3, 0.4) is 0 Å². The molecule has 106 valence electrons. The fourth-order valence-electron chi connectivity index (χ4n) is 1.80. The Balaban J connectivity index is 0.00000220. The molecular weight excluding hydrogens is 311 g/mol. The predicted octanol–water partition coefficient (Wildman–Crippen LogP) is 0.834. The average molecular weight is 320 g/mol. The second-order valence-corrected chi connectivity index (χ2v) is 5.39. The van der Waals surface area contributed by atoms with Crippen molar-refractivity contribution in [1.29, 1.82) is 0 Å². The molecule has 21 heavy (non-hydrogen) atoms. The molecule has 2 aromatic carbocycles. The third-order valence-electron chi connectivity index (χ3n) is 2.69. The normalized spacial score (nSPS) is 10.9. The number of carboxylic acids is 2. The number of hydrogen-bond donors (Lipinski definition) is 3. The van der Waals surface area contributed by atoms with Crippen molar-refractivity contribution in [3.05, 3.63) is 41.5 Å². The molecule has 0 aliphatic carbocycles.